The molecule has 98 valence electrons. The topological polar surface area (TPSA) is 17.1 Å². The molecule has 0 radical (unpaired) electrons. The van der Waals surface area contributed by atoms with Crippen LogP contribution in [0.3, 0.4) is 0 Å². The fraction of sp³-hybridized carbons (Fsp3) is 0.533. The largest absolute Gasteiger partial charge is 0.299 e. The van der Waals surface area contributed by atoms with Gasteiger partial charge < -0.3 is 0 Å². The van der Waals surface area contributed by atoms with Crippen molar-refractivity contribution in [3.8, 4) is 0 Å². The standard InChI is InChI=1S/C15H18F2O/c1-15(2)8-4-6-11(15)13(18)9-10-5-3-7-12(16)14(10)17/h3,5,7,11H,4,6,8-9H2,1-2H3. The van der Waals surface area contributed by atoms with Crippen molar-refractivity contribution in [1.29, 1.82) is 0 Å². The fourth-order valence-electron chi connectivity index (χ4n) is 2.92. The summed E-state index contributed by atoms with van der Waals surface area (Å²) in [6, 6.07) is 4.00. The molecule has 0 saturated heterocycles. The molecule has 1 atom stereocenters. The lowest BCUT2D eigenvalue weighted by Crippen LogP contribution is -2.27. The Morgan fingerprint density at radius 3 is 2.72 bits per heavy atom. The molecular formula is C15H18F2O. The van der Waals surface area contributed by atoms with Crippen LogP contribution in [0.4, 0.5) is 8.78 Å². The molecular weight excluding hydrogens is 234 g/mol. The normalized spacial score (nSPS) is 22.1. The zero-order valence-corrected chi connectivity index (χ0v) is 10.8. The molecule has 0 heterocycles. The molecule has 1 nitrogen and oxygen atoms in total. The van der Waals surface area contributed by atoms with Crippen molar-refractivity contribution in [3.05, 3.63) is 35.4 Å². The van der Waals surface area contributed by atoms with Crippen LogP contribution in [-0.4, -0.2) is 5.78 Å². The summed E-state index contributed by atoms with van der Waals surface area (Å²) in [5.74, 6) is -1.77. The van der Waals surface area contributed by atoms with E-state index in [9.17, 15) is 13.6 Å². The molecule has 0 spiro atoms. The van der Waals surface area contributed by atoms with Gasteiger partial charge in [0.25, 0.3) is 0 Å². The van der Waals surface area contributed by atoms with Crippen molar-refractivity contribution >= 4 is 5.78 Å². The molecule has 1 unspecified atom stereocenters. The molecule has 1 aliphatic rings. The van der Waals surface area contributed by atoms with Crippen LogP contribution in [0.15, 0.2) is 18.2 Å². The number of ketones is 1. The average Bonchev–Trinajstić information content (AvgIpc) is 2.65. The number of carbonyl (C=O) groups excluding carboxylic acids is 1. The van der Waals surface area contributed by atoms with Crippen molar-refractivity contribution in [1.82, 2.24) is 0 Å². The highest BCUT2D eigenvalue weighted by atomic mass is 19.2. The Kier molecular flexibility index (Phi) is 3.51. The zero-order valence-electron chi connectivity index (χ0n) is 10.8. The van der Waals surface area contributed by atoms with E-state index in [0.29, 0.717) is 0 Å². The molecule has 0 aromatic heterocycles. The molecule has 18 heavy (non-hydrogen) atoms. The van der Waals surface area contributed by atoms with Gasteiger partial charge in [-0.15, -0.1) is 0 Å². The molecule has 0 bridgehead atoms. The van der Waals surface area contributed by atoms with Gasteiger partial charge in [0.05, 0.1) is 0 Å². The van der Waals surface area contributed by atoms with Gasteiger partial charge in [0.15, 0.2) is 11.6 Å². The third-order valence-corrected chi connectivity index (χ3v) is 4.04. The lowest BCUT2D eigenvalue weighted by molar-refractivity contribution is -0.124. The first kappa shape index (κ1) is 13.2. The van der Waals surface area contributed by atoms with E-state index in [1.165, 1.54) is 12.1 Å². The number of halogens is 2. The second kappa shape index (κ2) is 4.79. The quantitative estimate of drug-likeness (QED) is 0.797. The molecule has 1 saturated carbocycles. The number of benzene rings is 1. The van der Waals surface area contributed by atoms with Crippen LogP contribution < -0.4 is 0 Å². The van der Waals surface area contributed by atoms with Crippen LogP contribution in [0.5, 0.6) is 0 Å². The van der Waals surface area contributed by atoms with Crippen molar-refractivity contribution in [3.63, 3.8) is 0 Å². The summed E-state index contributed by atoms with van der Waals surface area (Å²) in [5.41, 5.74) is 0.156. The first-order valence-electron chi connectivity index (χ1n) is 6.37. The summed E-state index contributed by atoms with van der Waals surface area (Å²) in [6.45, 7) is 4.15. The van der Waals surface area contributed by atoms with Crippen LogP contribution in [0.1, 0.15) is 38.7 Å². The highest BCUT2D eigenvalue weighted by Crippen LogP contribution is 2.43. The Labute approximate surface area is 106 Å². The smallest absolute Gasteiger partial charge is 0.162 e. The molecule has 2 rings (SSSR count). The van der Waals surface area contributed by atoms with Gasteiger partial charge in [0.1, 0.15) is 5.78 Å². The first-order chi connectivity index (χ1) is 8.42. The monoisotopic (exact) mass is 252 g/mol. The molecule has 1 fully saturated rings. The molecule has 1 aromatic rings. The summed E-state index contributed by atoms with van der Waals surface area (Å²) in [4.78, 5) is 12.2. The third-order valence-electron chi connectivity index (χ3n) is 4.04. The predicted octanol–water partition coefficient (Wildman–Crippen LogP) is 3.90. The summed E-state index contributed by atoms with van der Waals surface area (Å²) in [6.07, 6.45) is 2.92. The number of hydrogen-bond donors (Lipinski definition) is 0. The van der Waals surface area contributed by atoms with Crippen LogP contribution >= 0.6 is 0 Å². The Bertz CT molecular complexity index is 466. The van der Waals surface area contributed by atoms with E-state index in [2.05, 4.69) is 13.8 Å². The second-order valence-corrected chi connectivity index (χ2v) is 5.79. The fourth-order valence-corrected chi connectivity index (χ4v) is 2.92. The van der Waals surface area contributed by atoms with Crippen LogP contribution in [-0.2, 0) is 11.2 Å². The van der Waals surface area contributed by atoms with Crippen molar-refractivity contribution in [2.45, 2.75) is 39.5 Å². The Hall–Kier alpha value is -1.25. The molecule has 0 aliphatic heterocycles. The number of carbonyl (C=O) groups is 1. The zero-order chi connectivity index (χ0) is 13.3. The maximum atomic E-state index is 13.5. The first-order valence-corrected chi connectivity index (χ1v) is 6.37. The summed E-state index contributed by atoms with van der Waals surface area (Å²) in [7, 11) is 0. The SMILES string of the molecule is CC1(C)CCCC1C(=O)Cc1cccc(F)c1F. The lowest BCUT2D eigenvalue weighted by Gasteiger charge is -2.25. The van der Waals surface area contributed by atoms with E-state index in [0.717, 1.165) is 25.3 Å². The van der Waals surface area contributed by atoms with Gasteiger partial charge in [-0.2, -0.15) is 0 Å². The van der Waals surface area contributed by atoms with Gasteiger partial charge >= 0.3 is 0 Å². The molecule has 0 N–H and O–H groups in total. The van der Waals surface area contributed by atoms with Gasteiger partial charge in [0, 0.05) is 12.3 Å². The van der Waals surface area contributed by atoms with Gasteiger partial charge in [0.2, 0.25) is 0 Å². The van der Waals surface area contributed by atoms with Gasteiger partial charge in [-0.1, -0.05) is 32.4 Å². The molecule has 1 aromatic carbocycles. The second-order valence-electron chi connectivity index (χ2n) is 5.79. The summed E-state index contributed by atoms with van der Waals surface area (Å²) >= 11 is 0. The number of rotatable bonds is 3. The van der Waals surface area contributed by atoms with E-state index in [1.807, 2.05) is 0 Å². The van der Waals surface area contributed by atoms with Crippen LogP contribution in [0, 0.1) is 23.0 Å². The predicted molar refractivity (Wildman–Crippen MR) is 66.2 cm³/mol. The van der Waals surface area contributed by atoms with Gasteiger partial charge in [-0.25, -0.2) is 8.78 Å². The van der Waals surface area contributed by atoms with E-state index in [4.69, 9.17) is 0 Å². The minimum Gasteiger partial charge on any atom is -0.299 e. The van der Waals surface area contributed by atoms with E-state index < -0.39 is 11.6 Å². The van der Waals surface area contributed by atoms with Gasteiger partial charge in [-0.3, -0.25) is 4.79 Å². The summed E-state index contributed by atoms with van der Waals surface area (Å²) in [5, 5.41) is 0. The summed E-state index contributed by atoms with van der Waals surface area (Å²) < 4.78 is 26.6. The molecule has 1 aliphatic carbocycles. The average molecular weight is 252 g/mol. The minimum atomic E-state index is -0.887. The molecule has 3 heteroatoms. The Morgan fingerprint density at radius 2 is 2.11 bits per heavy atom. The Balaban J connectivity index is 2.15. The third kappa shape index (κ3) is 2.45. The van der Waals surface area contributed by atoms with Crippen molar-refractivity contribution in [2.75, 3.05) is 0 Å². The van der Waals surface area contributed by atoms with Crippen LogP contribution in [0.25, 0.3) is 0 Å². The number of hydrogen-bond acceptors (Lipinski definition) is 1. The van der Waals surface area contributed by atoms with Crippen molar-refractivity contribution in [2.24, 2.45) is 11.3 Å². The lowest BCUT2D eigenvalue weighted by atomic mass is 9.78. The molecule has 0 amide bonds. The van der Waals surface area contributed by atoms with E-state index in [-0.39, 0.29) is 29.1 Å². The van der Waals surface area contributed by atoms with Gasteiger partial charge in [-0.05, 0) is 29.9 Å². The highest BCUT2D eigenvalue weighted by molar-refractivity contribution is 5.84. The van der Waals surface area contributed by atoms with E-state index >= 15 is 0 Å². The van der Waals surface area contributed by atoms with Crippen molar-refractivity contribution < 1.29 is 13.6 Å². The number of Topliss-reactive ketones (excluding diaryl/α,β-unsaturated/α-hetero) is 1. The minimum absolute atomic E-state index is 0.00229. The maximum absolute atomic E-state index is 13.5. The van der Waals surface area contributed by atoms with Crippen LogP contribution in [0.2, 0.25) is 0 Å². The maximum Gasteiger partial charge on any atom is 0.162 e. The Morgan fingerprint density at radius 1 is 1.39 bits per heavy atom. The van der Waals surface area contributed by atoms with E-state index in [1.54, 1.807) is 0 Å². The highest BCUT2D eigenvalue weighted by Gasteiger charge is 2.38.